The summed E-state index contributed by atoms with van der Waals surface area (Å²) in [6, 6.07) is 67.0. The summed E-state index contributed by atoms with van der Waals surface area (Å²) in [6.07, 6.45) is 0. The first-order valence-corrected chi connectivity index (χ1v) is 18.0. The van der Waals surface area contributed by atoms with Crippen molar-refractivity contribution in [3.05, 3.63) is 194 Å². The SMILES string of the molecule is c1ccc(-c2nc(-c3ccccc3)nc(-c3ccc4c(c3)oc3cc(-c5ccc(N(c6ccccc6)c6cccc7ccccc67)cc5)ccc34)n2)cc1. The van der Waals surface area contributed by atoms with Crippen molar-refractivity contribution in [3.63, 3.8) is 0 Å². The van der Waals surface area contributed by atoms with Crippen molar-refractivity contribution in [2.24, 2.45) is 0 Å². The van der Waals surface area contributed by atoms with Crippen LogP contribution in [0.5, 0.6) is 0 Å². The monoisotopic (exact) mass is 692 g/mol. The van der Waals surface area contributed by atoms with Crippen LogP contribution in [0.3, 0.4) is 0 Å². The minimum atomic E-state index is 0.596. The molecule has 0 saturated heterocycles. The average Bonchev–Trinajstić information content (AvgIpc) is 3.62. The zero-order chi connectivity index (χ0) is 35.8. The second-order valence-corrected chi connectivity index (χ2v) is 13.3. The Kier molecular flexibility index (Phi) is 7.73. The average molecular weight is 693 g/mol. The van der Waals surface area contributed by atoms with Gasteiger partial charge in [0.05, 0.1) is 5.69 Å². The minimum Gasteiger partial charge on any atom is -0.456 e. The molecule has 10 aromatic rings. The lowest BCUT2D eigenvalue weighted by Gasteiger charge is -2.27. The van der Waals surface area contributed by atoms with Crippen LogP contribution in [0.15, 0.2) is 199 Å². The van der Waals surface area contributed by atoms with E-state index in [1.807, 2.05) is 66.7 Å². The van der Waals surface area contributed by atoms with E-state index < -0.39 is 0 Å². The Balaban J connectivity index is 1.01. The Labute approximate surface area is 312 Å². The topological polar surface area (TPSA) is 55.1 Å². The van der Waals surface area contributed by atoms with Crippen LogP contribution in [0.25, 0.3) is 78.0 Å². The van der Waals surface area contributed by atoms with E-state index in [0.29, 0.717) is 17.5 Å². The quantitative estimate of drug-likeness (QED) is 0.166. The number of fused-ring (bicyclic) bond motifs is 4. The third-order valence-electron chi connectivity index (χ3n) is 9.91. The summed E-state index contributed by atoms with van der Waals surface area (Å²) in [5, 5.41) is 4.52. The second-order valence-electron chi connectivity index (χ2n) is 13.3. The first-order chi connectivity index (χ1) is 26.7. The molecular formula is C49H32N4O. The number of nitrogens with zero attached hydrogens (tertiary/aromatic N) is 4. The first kappa shape index (κ1) is 31.4. The predicted octanol–water partition coefficient (Wildman–Crippen LogP) is 13.1. The van der Waals surface area contributed by atoms with Gasteiger partial charge in [0.1, 0.15) is 11.2 Å². The van der Waals surface area contributed by atoms with Crippen LogP contribution < -0.4 is 4.90 Å². The maximum atomic E-state index is 6.55. The molecule has 10 rings (SSSR count). The van der Waals surface area contributed by atoms with Gasteiger partial charge in [-0.3, -0.25) is 0 Å². The van der Waals surface area contributed by atoms with Crippen molar-refractivity contribution in [1.82, 2.24) is 15.0 Å². The van der Waals surface area contributed by atoms with Gasteiger partial charge in [-0.2, -0.15) is 0 Å². The largest absolute Gasteiger partial charge is 0.456 e. The summed E-state index contributed by atoms with van der Waals surface area (Å²) in [5.41, 5.74) is 9.88. The molecule has 0 N–H and O–H groups in total. The van der Waals surface area contributed by atoms with Gasteiger partial charge in [-0.15, -0.1) is 0 Å². The standard InChI is InChI=1S/C49H32N4O/c1-4-14-35(15-5-1)47-50-48(36-16-6-2-7-17-36)52-49(51-47)38-26-30-43-42-29-25-37(31-45(42)54-46(43)32-38)33-23-27-40(28-24-33)53(39-19-8-3-9-20-39)44-22-12-18-34-13-10-11-21-41(34)44/h1-32H. The molecule has 0 amide bonds. The van der Waals surface area contributed by atoms with E-state index in [-0.39, 0.29) is 0 Å². The fourth-order valence-corrected chi connectivity index (χ4v) is 7.24. The number of anilines is 3. The lowest BCUT2D eigenvalue weighted by atomic mass is 10.0. The molecule has 0 aliphatic carbocycles. The molecule has 5 nitrogen and oxygen atoms in total. The smallest absolute Gasteiger partial charge is 0.164 e. The summed E-state index contributed by atoms with van der Waals surface area (Å²) < 4.78 is 6.55. The van der Waals surface area contributed by atoms with E-state index in [9.17, 15) is 0 Å². The Bertz CT molecular complexity index is 2860. The second kappa shape index (κ2) is 13.3. The summed E-state index contributed by atoms with van der Waals surface area (Å²) in [5.74, 6) is 1.85. The van der Waals surface area contributed by atoms with Crippen molar-refractivity contribution in [1.29, 1.82) is 0 Å². The fourth-order valence-electron chi connectivity index (χ4n) is 7.24. The van der Waals surface area contributed by atoms with E-state index in [0.717, 1.165) is 66.8 Å². The molecule has 54 heavy (non-hydrogen) atoms. The van der Waals surface area contributed by atoms with E-state index in [2.05, 4.69) is 132 Å². The summed E-state index contributed by atoms with van der Waals surface area (Å²) in [4.78, 5) is 17.0. The highest BCUT2D eigenvalue weighted by atomic mass is 16.3. The van der Waals surface area contributed by atoms with Gasteiger partial charge >= 0.3 is 0 Å². The third kappa shape index (κ3) is 5.74. The maximum absolute atomic E-state index is 6.55. The van der Waals surface area contributed by atoms with Crippen LogP contribution in [-0.2, 0) is 0 Å². The van der Waals surface area contributed by atoms with Crippen LogP contribution in [0, 0.1) is 0 Å². The summed E-state index contributed by atoms with van der Waals surface area (Å²) in [6.45, 7) is 0. The molecule has 0 atom stereocenters. The molecule has 254 valence electrons. The van der Waals surface area contributed by atoms with Gasteiger partial charge in [0, 0.05) is 44.2 Å². The number of hydrogen-bond donors (Lipinski definition) is 0. The van der Waals surface area contributed by atoms with E-state index in [4.69, 9.17) is 19.4 Å². The molecule has 5 heteroatoms. The van der Waals surface area contributed by atoms with Crippen LogP contribution in [0.1, 0.15) is 0 Å². The summed E-state index contributed by atoms with van der Waals surface area (Å²) >= 11 is 0. The van der Waals surface area contributed by atoms with Crippen molar-refractivity contribution in [2.75, 3.05) is 4.90 Å². The first-order valence-electron chi connectivity index (χ1n) is 18.0. The van der Waals surface area contributed by atoms with Crippen LogP contribution >= 0.6 is 0 Å². The Morgan fingerprint density at radius 2 is 0.815 bits per heavy atom. The Morgan fingerprint density at radius 1 is 0.333 bits per heavy atom. The number of hydrogen-bond acceptors (Lipinski definition) is 5. The Hall–Kier alpha value is -7.37. The number of aromatic nitrogens is 3. The molecular weight excluding hydrogens is 661 g/mol. The van der Waals surface area contributed by atoms with Gasteiger partial charge in [-0.1, -0.05) is 140 Å². The molecule has 2 heterocycles. The van der Waals surface area contributed by atoms with Crippen LogP contribution in [0.2, 0.25) is 0 Å². The van der Waals surface area contributed by atoms with Crippen LogP contribution in [-0.4, -0.2) is 15.0 Å². The van der Waals surface area contributed by atoms with Crippen molar-refractivity contribution in [3.8, 4) is 45.3 Å². The highest BCUT2D eigenvalue weighted by molar-refractivity contribution is 6.07. The molecule has 0 radical (unpaired) electrons. The normalized spacial score (nSPS) is 11.3. The third-order valence-corrected chi connectivity index (χ3v) is 9.91. The molecule has 0 saturated carbocycles. The summed E-state index contributed by atoms with van der Waals surface area (Å²) in [7, 11) is 0. The molecule has 0 aliphatic rings. The van der Waals surface area contributed by atoms with Crippen LogP contribution in [0.4, 0.5) is 17.1 Å². The number of rotatable bonds is 7. The molecule has 0 aliphatic heterocycles. The van der Waals surface area contributed by atoms with Gasteiger partial charge in [-0.05, 0) is 71.1 Å². The van der Waals surface area contributed by atoms with E-state index in [1.54, 1.807) is 0 Å². The number of para-hydroxylation sites is 1. The van der Waals surface area contributed by atoms with Gasteiger partial charge in [0.25, 0.3) is 0 Å². The van der Waals surface area contributed by atoms with E-state index >= 15 is 0 Å². The molecule has 0 unspecified atom stereocenters. The zero-order valence-corrected chi connectivity index (χ0v) is 29.2. The number of furan rings is 1. The van der Waals surface area contributed by atoms with Gasteiger partial charge in [0.15, 0.2) is 17.5 Å². The molecule has 0 fully saturated rings. The molecule has 8 aromatic carbocycles. The zero-order valence-electron chi connectivity index (χ0n) is 29.2. The van der Waals surface area contributed by atoms with Gasteiger partial charge in [-0.25, -0.2) is 15.0 Å². The predicted molar refractivity (Wildman–Crippen MR) is 221 cm³/mol. The van der Waals surface area contributed by atoms with Crippen molar-refractivity contribution < 1.29 is 4.42 Å². The molecule has 0 spiro atoms. The minimum absolute atomic E-state index is 0.596. The molecule has 2 aromatic heterocycles. The lowest BCUT2D eigenvalue weighted by Crippen LogP contribution is -2.10. The fraction of sp³-hybridized carbons (Fsp3) is 0. The maximum Gasteiger partial charge on any atom is 0.164 e. The van der Waals surface area contributed by atoms with Crippen molar-refractivity contribution in [2.45, 2.75) is 0 Å². The molecule has 0 bridgehead atoms. The highest BCUT2D eigenvalue weighted by Crippen LogP contribution is 2.40. The van der Waals surface area contributed by atoms with Crippen molar-refractivity contribution >= 4 is 49.8 Å². The highest BCUT2D eigenvalue weighted by Gasteiger charge is 2.17. The Morgan fingerprint density at radius 3 is 1.46 bits per heavy atom. The van der Waals surface area contributed by atoms with Gasteiger partial charge < -0.3 is 9.32 Å². The lowest BCUT2D eigenvalue weighted by molar-refractivity contribution is 0.669. The number of benzene rings is 8. The van der Waals surface area contributed by atoms with Gasteiger partial charge in [0.2, 0.25) is 0 Å². The van der Waals surface area contributed by atoms with E-state index in [1.165, 1.54) is 10.8 Å².